The third kappa shape index (κ3) is 10.4. The molecule has 7 nitrogen and oxygen atoms in total. The van der Waals surface area contributed by atoms with Gasteiger partial charge in [-0.3, -0.25) is 5.21 Å². The first-order valence-corrected chi connectivity index (χ1v) is 4.64. The van der Waals surface area contributed by atoms with E-state index in [9.17, 15) is 14.8 Å². The van der Waals surface area contributed by atoms with Crippen molar-refractivity contribution in [2.45, 2.75) is 26.4 Å². The maximum absolute atomic E-state index is 11.1. The molecule has 0 rings (SSSR count). The molecular weight excluding hydrogens is 230 g/mol. The quantitative estimate of drug-likeness (QED) is 0.342. The van der Waals surface area contributed by atoms with E-state index in [-0.39, 0.29) is 0 Å². The maximum Gasteiger partial charge on any atom is 0.335 e. The van der Waals surface area contributed by atoms with Crippen molar-refractivity contribution in [1.29, 1.82) is 0 Å². The lowest BCUT2D eigenvalue weighted by molar-refractivity contribution is -0.149. The summed E-state index contributed by atoms with van der Waals surface area (Å²) in [5.74, 6) is -1.57. The summed E-state index contributed by atoms with van der Waals surface area (Å²) < 4.78 is 9.20. The average Bonchev–Trinajstić information content (AvgIpc) is 2.11. The first kappa shape index (κ1) is 15.1. The molecule has 17 heavy (non-hydrogen) atoms. The van der Waals surface area contributed by atoms with Gasteiger partial charge >= 0.3 is 11.9 Å². The van der Waals surface area contributed by atoms with Crippen molar-refractivity contribution in [3.63, 3.8) is 0 Å². The molecule has 0 saturated heterocycles. The van der Waals surface area contributed by atoms with E-state index in [1.165, 1.54) is 0 Å². The molecule has 1 N–H and O–H groups in total. The van der Waals surface area contributed by atoms with Crippen molar-refractivity contribution in [2.24, 2.45) is 0 Å². The Morgan fingerprint density at radius 3 is 2.24 bits per heavy atom. The first-order valence-electron chi connectivity index (χ1n) is 4.64. The lowest BCUT2D eigenvalue weighted by Crippen LogP contribution is -2.22. The smallest absolute Gasteiger partial charge is 0.335 e. The Hall–Kier alpha value is -1.86. The Bertz CT molecular complexity index is 326. The Labute approximate surface area is 98.5 Å². The molecule has 0 bridgehead atoms. The Morgan fingerprint density at radius 2 is 1.76 bits per heavy atom. The highest BCUT2D eigenvalue weighted by molar-refractivity contribution is 5.91. The van der Waals surface area contributed by atoms with Gasteiger partial charge in [0.25, 0.3) is 0 Å². The minimum absolute atomic E-state index is 0.537. The number of ether oxygens (including phenoxy) is 2. The van der Waals surface area contributed by atoms with Gasteiger partial charge in [0.2, 0.25) is 0 Å². The van der Waals surface area contributed by atoms with E-state index in [1.807, 2.05) is 0 Å². The largest absolute Gasteiger partial charge is 0.734 e. The topological polar surface area (TPSA) is 99.1 Å². The highest BCUT2D eigenvalue weighted by atomic mass is 16.8. The van der Waals surface area contributed by atoms with Gasteiger partial charge in [-0.05, 0) is 20.8 Å². The summed E-state index contributed by atoms with van der Waals surface area (Å²) in [5, 5.41) is 17.5. The number of hydrogen-bond acceptors (Lipinski definition) is 7. The van der Waals surface area contributed by atoms with Crippen LogP contribution in [0.15, 0.2) is 24.6 Å². The van der Waals surface area contributed by atoms with E-state index in [2.05, 4.69) is 4.74 Å². The molecule has 0 unspecified atom stereocenters. The number of hydrogen-bond donors (Lipinski definition) is 1. The van der Waals surface area contributed by atoms with Crippen molar-refractivity contribution in [3.8, 4) is 0 Å². The van der Waals surface area contributed by atoms with Crippen LogP contribution in [0.25, 0.3) is 0 Å². The third-order valence-electron chi connectivity index (χ3n) is 1.13. The van der Waals surface area contributed by atoms with Gasteiger partial charge in [-0.2, -0.15) is 0 Å². The lowest BCUT2D eigenvalue weighted by Gasteiger charge is -2.17. The van der Waals surface area contributed by atoms with Crippen LogP contribution in [0.1, 0.15) is 20.8 Å². The maximum atomic E-state index is 11.1. The van der Waals surface area contributed by atoms with E-state index >= 15 is 0 Å². The number of esters is 2. The van der Waals surface area contributed by atoms with E-state index in [0.717, 1.165) is 12.2 Å². The molecular formula is C10H14NO6-. The molecule has 0 saturated carbocycles. The molecule has 0 aliphatic heterocycles. The van der Waals surface area contributed by atoms with E-state index in [4.69, 9.17) is 9.94 Å². The fraction of sp³-hybridized carbons (Fsp3) is 0.400. The summed E-state index contributed by atoms with van der Waals surface area (Å²) in [4.78, 5) is 22.0. The minimum Gasteiger partial charge on any atom is -0.734 e. The van der Waals surface area contributed by atoms with Gasteiger partial charge in [-0.1, -0.05) is 0 Å². The second-order valence-corrected chi connectivity index (χ2v) is 3.89. The monoisotopic (exact) mass is 244 g/mol. The lowest BCUT2D eigenvalue weighted by atomic mass is 10.2. The normalized spacial score (nSPS) is 11.8. The van der Waals surface area contributed by atoms with Crippen LogP contribution < -0.4 is 0 Å². The molecule has 96 valence electrons. The van der Waals surface area contributed by atoms with Gasteiger partial charge in [-0.25, -0.2) is 9.59 Å². The number of rotatable bonds is 4. The fourth-order valence-corrected chi connectivity index (χ4v) is 0.661. The standard InChI is InChI=1S/C10H14NO6/c1-10(2,3)17-9(13)5-4-8(12)16-7-6-11(14)15/h4-7,14H,1-3H3/q-1/b5-4+,7-6+. The number of hydroxylamine groups is 2. The van der Waals surface area contributed by atoms with Crippen molar-refractivity contribution >= 4 is 11.9 Å². The molecule has 0 aromatic carbocycles. The Morgan fingerprint density at radius 1 is 1.24 bits per heavy atom. The highest BCUT2D eigenvalue weighted by Gasteiger charge is 2.14. The molecule has 0 radical (unpaired) electrons. The number of nitrogens with zero attached hydrogens (tertiary/aromatic N) is 1. The zero-order valence-electron chi connectivity index (χ0n) is 9.75. The summed E-state index contributed by atoms with van der Waals surface area (Å²) >= 11 is 0. The van der Waals surface area contributed by atoms with Gasteiger partial charge in [0, 0.05) is 18.4 Å². The molecule has 0 atom stereocenters. The predicted octanol–water partition coefficient (Wildman–Crippen LogP) is 1.09. The molecule has 0 heterocycles. The van der Waals surface area contributed by atoms with Gasteiger partial charge in [0.1, 0.15) is 11.9 Å². The zero-order chi connectivity index (χ0) is 13.5. The van der Waals surface area contributed by atoms with Gasteiger partial charge in [0.15, 0.2) is 0 Å². The SMILES string of the molecule is CC(C)(C)OC(=O)/C=C/C(=O)O/C=C/N([O-])O. The molecule has 0 amide bonds. The van der Waals surface area contributed by atoms with Gasteiger partial charge in [-0.15, -0.1) is 0 Å². The Balaban J connectivity index is 4.08. The fourth-order valence-electron chi connectivity index (χ4n) is 0.661. The predicted molar refractivity (Wildman–Crippen MR) is 57.2 cm³/mol. The summed E-state index contributed by atoms with van der Waals surface area (Å²) in [6.45, 7) is 5.05. The van der Waals surface area contributed by atoms with Crippen molar-refractivity contribution < 1.29 is 24.3 Å². The molecule has 0 aliphatic carbocycles. The molecule has 0 aromatic rings. The van der Waals surface area contributed by atoms with Crippen molar-refractivity contribution in [3.05, 3.63) is 29.8 Å². The van der Waals surface area contributed by atoms with Crippen molar-refractivity contribution in [2.75, 3.05) is 0 Å². The van der Waals surface area contributed by atoms with E-state index in [0.29, 0.717) is 12.5 Å². The Kier molecular flexibility index (Phi) is 5.94. The van der Waals surface area contributed by atoms with Crippen LogP contribution in [-0.4, -0.2) is 28.0 Å². The summed E-state index contributed by atoms with van der Waals surface area (Å²) in [6, 6.07) is 0. The second-order valence-electron chi connectivity index (χ2n) is 3.89. The molecule has 0 aliphatic rings. The van der Waals surface area contributed by atoms with E-state index < -0.39 is 22.8 Å². The summed E-state index contributed by atoms with van der Waals surface area (Å²) in [7, 11) is 0. The van der Waals surface area contributed by atoms with Crippen LogP contribution in [-0.2, 0) is 19.1 Å². The van der Waals surface area contributed by atoms with Crippen LogP contribution in [0.5, 0.6) is 0 Å². The number of carbonyl (C=O) groups is 2. The third-order valence-corrected chi connectivity index (χ3v) is 1.13. The molecule has 7 heteroatoms. The molecule has 0 fully saturated rings. The summed E-state index contributed by atoms with van der Waals surface area (Å²) in [5.41, 5.74) is -0.648. The van der Waals surface area contributed by atoms with Gasteiger partial charge < -0.3 is 19.9 Å². The van der Waals surface area contributed by atoms with E-state index in [1.54, 1.807) is 20.8 Å². The molecule has 0 aromatic heterocycles. The number of carbonyl (C=O) groups excluding carboxylic acids is 2. The van der Waals surface area contributed by atoms with Crippen LogP contribution in [0, 0.1) is 5.21 Å². The van der Waals surface area contributed by atoms with Crippen LogP contribution in [0.3, 0.4) is 0 Å². The van der Waals surface area contributed by atoms with Crippen LogP contribution in [0.2, 0.25) is 0 Å². The minimum atomic E-state index is -0.881. The molecule has 0 spiro atoms. The average molecular weight is 244 g/mol. The second kappa shape index (κ2) is 6.66. The summed E-state index contributed by atoms with van der Waals surface area (Å²) in [6.07, 6.45) is 2.98. The first-order chi connectivity index (χ1) is 7.70. The highest BCUT2D eigenvalue weighted by Crippen LogP contribution is 2.06. The van der Waals surface area contributed by atoms with Crippen LogP contribution in [0.4, 0.5) is 0 Å². The van der Waals surface area contributed by atoms with Crippen molar-refractivity contribution in [1.82, 2.24) is 5.23 Å². The van der Waals surface area contributed by atoms with Gasteiger partial charge in [0.05, 0.1) is 0 Å². The zero-order valence-corrected chi connectivity index (χ0v) is 9.75. The van der Waals surface area contributed by atoms with Crippen LogP contribution >= 0.6 is 0 Å².